The minimum absolute atomic E-state index is 0.0509. The van der Waals surface area contributed by atoms with E-state index in [0.717, 1.165) is 0 Å². The summed E-state index contributed by atoms with van der Waals surface area (Å²) in [4.78, 5) is 11.3. The smallest absolute Gasteiger partial charge is 0.327 e. The second kappa shape index (κ2) is 7.64. The number of esters is 1. The molecule has 1 aromatic rings. The zero-order valence-electron chi connectivity index (χ0n) is 9.80. The van der Waals surface area contributed by atoms with Gasteiger partial charge in [-0.1, -0.05) is 0 Å². The molecule has 0 saturated heterocycles. The van der Waals surface area contributed by atoms with Crippen LogP contribution in [0, 0.1) is 0 Å². The molecule has 0 aliphatic heterocycles. The molecule has 0 unspecified atom stereocenters. The van der Waals surface area contributed by atoms with Crippen LogP contribution in [0.25, 0.3) is 0 Å². The molecule has 1 rings (SSSR count). The van der Waals surface area contributed by atoms with Crippen molar-refractivity contribution >= 4 is 11.8 Å². The van der Waals surface area contributed by atoms with E-state index in [4.69, 9.17) is 19.9 Å². The Morgan fingerprint density at radius 1 is 1.41 bits per heavy atom. The van der Waals surface area contributed by atoms with Gasteiger partial charge in [0, 0.05) is 13.3 Å². The predicted molar refractivity (Wildman–Crippen MR) is 60.3 cm³/mol. The van der Waals surface area contributed by atoms with Gasteiger partial charge in [-0.05, 0) is 6.07 Å². The Bertz CT molecular complexity index is 340. The van der Waals surface area contributed by atoms with Crippen molar-refractivity contribution in [1.82, 2.24) is 9.78 Å². The summed E-state index contributed by atoms with van der Waals surface area (Å²) in [5.41, 5.74) is 5.41. The van der Waals surface area contributed by atoms with E-state index >= 15 is 0 Å². The lowest BCUT2D eigenvalue weighted by molar-refractivity contribution is -0.146. The van der Waals surface area contributed by atoms with Crippen molar-refractivity contribution in [1.29, 1.82) is 0 Å². The number of methoxy groups -OCH3 is 1. The molecule has 0 aliphatic rings. The van der Waals surface area contributed by atoms with Crippen molar-refractivity contribution in [3.63, 3.8) is 0 Å². The van der Waals surface area contributed by atoms with Crippen molar-refractivity contribution in [3.8, 4) is 0 Å². The van der Waals surface area contributed by atoms with Gasteiger partial charge in [-0.25, -0.2) is 0 Å². The zero-order valence-corrected chi connectivity index (χ0v) is 9.80. The Kier molecular flexibility index (Phi) is 6.05. The van der Waals surface area contributed by atoms with Gasteiger partial charge in [0.2, 0.25) is 0 Å². The highest BCUT2D eigenvalue weighted by molar-refractivity contribution is 5.69. The number of nitrogens with zero attached hydrogens (tertiary/aromatic N) is 2. The van der Waals surface area contributed by atoms with Crippen molar-refractivity contribution in [2.45, 2.75) is 6.54 Å². The number of rotatable bonds is 8. The normalized spacial score (nSPS) is 10.4. The second-order valence-corrected chi connectivity index (χ2v) is 3.26. The standard InChI is InChI=1S/C10H17N3O4/c1-15-4-5-16-6-7-17-10(14)8-13-3-2-9(11)12-13/h2-3H,4-8H2,1H3,(H2,11,12). The number of hydrogen-bond acceptors (Lipinski definition) is 6. The molecular weight excluding hydrogens is 226 g/mol. The Labute approximate surface area is 99.4 Å². The average Bonchev–Trinajstić information content (AvgIpc) is 2.69. The van der Waals surface area contributed by atoms with Crippen molar-refractivity contribution in [3.05, 3.63) is 12.3 Å². The summed E-state index contributed by atoms with van der Waals surface area (Å²) in [5, 5.41) is 3.87. The van der Waals surface area contributed by atoms with E-state index in [-0.39, 0.29) is 19.1 Å². The highest BCUT2D eigenvalue weighted by atomic mass is 16.6. The van der Waals surface area contributed by atoms with E-state index in [0.29, 0.717) is 25.6 Å². The fourth-order valence-corrected chi connectivity index (χ4v) is 1.10. The van der Waals surface area contributed by atoms with E-state index in [1.54, 1.807) is 19.4 Å². The van der Waals surface area contributed by atoms with Gasteiger partial charge in [-0.2, -0.15) is 5.10 Å². The third-order valence-corrected chi connectivity index (χ3v) is 1.87. The van der Waals surface area contributed by atoms with Crippen LogP contribution in [0.3, 0.4) is 0 Å². The zero-order chi connectivity index (χ0) is 12.5. The highest BCUT2D eigenvalue weighted by Crippen LogP contribution is 1.96. The van der Waals surface area contributed by atoms with Gasteiger partial charge in [0.05, 0.1) is 19.8 Å². The molecule has 7 heteroatoms. The number of nitrogen functional groups attached to an aromatic ring is 1. The summed E-state index contributed by atoms with van der Waals surface area (Å²) in [5.74, 6) is 0.00383. The molecule has 0 atom stereocenters. The number of nitrogens with two attached hydrogens (primary N) is 1. The van der Waals surface area contributed by atoms with Gasteiger partial charge in [0.1, 0.15) is 19.0 Å². The largest absolute Gasteiger partial charge is 0.462 e. The molecule has 0 radical (unpaired) electrons. The third kappa shape index (κ3) is 5.88. The summed E-state index contributed by atoms with van der Waals surface area (Å²) < 4.78 is 16.3. The molecule has 0 saturated carbocycles. The molecule has 0 amide bonds. The molecule has 1 heterocycles. The fraction of sp³-hybridized carbons (Fsp3) is 0.600. The Hall–Kier alpha value is -1.60. The van der Waals surface area contributed by atoms with Crippen LogP contribution < -0.4 is 5.73 Å². The van der Waals surface area contributed by atoms with Gasteiger partial charge in [0.25, 0.3) is 0 Å². The summed E-state index contributed by atoms with van der Waals surface area (Å²) >= 11 is 0. The lowest BCUT2D eigenvalue weighted by atomic mass is 10.6. The van der Waals surface area contributed by atoms with E-state index in [1.165, 1.54) is 4.68 Å². The molecule has 0 spiro atoms. The SMILES string of the molecule is COCCOCCOC(=O)Cn1ccc(N)n1. The van der Waals surface area contributed by atoms with Crippen LogP contribution in [0.4, 0.5) is 5.82 Å². The minimum Gasteiger partial charge on any atom is -0.462 e. The number of ether oxygens (including phenoxy) is 3. The average molecular weight is 243 g/mol. The summed E-state index contributed by atoms with van der Waals surface area (Å²) in [6.45, 7) is 1.65. The quantitative estimate of drug-likeness (QED) is 0.497. The maximum Gasteiger partial charge on any atom is 0.327 e. The van der Waals surface area contributed by atoms with E-state index < -0.39 is 0 Å². The number of carbonyl (C=O) groups is 1. The maximum absolute atomic E-state index is 11.3. The summed E-state index contributed by atoms with van der Waals surface area (Å²) in [6, 6.07) is 1.61. The van der Waals surface area contributed by atoms with E-state index in [1.807, 2.05) is 0 Å². The molecule has 0 aliphatic carbocycles. The van der Waals surface area contributed by atoms with Crippen molar-refractivity contribution in [2.75, 3.05) is 39.3 Å². The molecule has 96 valence electrons. The van der Waals surface area contributed by atoms with Crippen LogP contribution in [0.2, 0.25) is 0 Å². The summed E-state index contributed by atoms with van der Waals surface area (Å²) in [6.07, 6.45) is 1.62. The second-order valence-electron chi connectivity index (χ2n) is 3.26. The summed E-state index contributed by atoms with van der Waals surface area (Å²) in [7, 11) is 1.60. The number of carbonyl (C=O) groups excluding carboxylic acids is 1. The Balaban J connectivity index is 2.05. The maximum atomic E-state index is 11.3. The Morgan fingerprint density at radius 3 is 2.82 bits per heavy atom. The van der Waals surface area contributed by atoms with Crippen LogP contribution in [-0.4, -0.2) is 49.3 Å². The topological polar surface area (TPSA) is 88.6 Å². The van der Waals surface area contributed by atoms with Crippen LogP contribution in [0.5, 0.6) is 0 Å². The molecule has 0 aromatic carbocycles. The first-order valence-electron chi connectivity index (χ1n) is 5.23. The molecule has 0 bridgehead atoms. The lowest BCUT2D eigenvalue weighted by Crippen LogP contribution is -2.17. The molecule has 7 nitrogen and oxygen atoms in total. The number of anilines is 1. The highest BCUT2D eigenvalue weighted by Gasteiger charge is 2.04. The molecule has 2 N–H and O–H groups in total. The van der Waals surface area contributed by atoms with Crippen molar-refractivity contribution < 1.29 is 19.0 Å². The number of aromatic nitrogens is 2. The Morgan fingerprint density at radius 2 is 2.18 bits per heavy atom. The van der Waals surface area contributed by atoms with Crippen LogP contribution >= 0.6 is 0 Å². The van der Waals surface area contributed by atoms with E-state index in [9.17, 15) is 4.79 Å². The molecular formula is C10H17N3O4. The minimum atomic E-state index is -0.372. The van der Waals surface area contributed by atoms with Crippen LogP contribution in [0.1, 0.15) is 0 Å². The van der Waals surface area contributed by atoms with Gasteiger partial charge in [-0.3, -0.25) is 9.48 Å². The monoisotopic (exact) mass is 243 g/mol. The van der Waals surface area contributed by atoms with Gasteiger partial charge < -0.3 is 19.9 Å². The molecule has 17 heavy (non-hydrogen) atoms. The van der Waals surface area contributed by atoms with Gasteiger partial charge >= 0.3 is 5.97 Å². The lowest BCUT2D eigenvalue weighted by Gasteiger charge is -2.05. The number of hydrogen-bond donors (Lipinski definition) is 1. The first-order valence-corrected chi connectivity index (χ1v) is 5.23. The molecule has 0 fully saturated rings. The predicted octanol–water partition coefficient (Wildman–Crippen LogP) is -0.328. The van der Waals surface area contributed by atoms with Crippen LogP contribution in [0.15, 0.2) is 12.3 Å². The fourth-order valence-electron chi connectivity index (χ4n) is 1.10. The first-order chi connectivity index (χ1) is 8.22. The van der Waals surface area contributed by atoms with Gasteiger partial charge in [0.15, 0.2) is 0 Å². The van der Waals surface area contributed by atoms with Crippen LogP contribution in [-0.2, 0) is 25.5 Å². The first kappa shape index (κ1) is 13.5. The van der Waals surface area contributed by atoms with E-state index in [2.05, 4.69) is 5.10 Å². The molecule has 1 aromatic heterocycles. The van der Waals surface area contributed by atoms with Crippen molar-refractivity contribution in [2.24, 2.45) is 0 Å². The third-order valence-electron chi connectivity index (χ3n) is 1.87. The van der Waals surface area contributed by atoms with Gasteiger partial charge in [-0.15, -0.1) is 0 Å².